The lowest BCUT2D eigenvalue weighted by atomic mass is 10.2. The predicted molar refractivity (Wildman–Crippen MR) is 58.0 cm³/mol. The Labute approximate surface area is 88.8 Å². The minimum absolute atomic E-state index is 0.323. The van der Waals surface area contributed by atoms with Crippen molar-refractivity contribution in [3.05, 3.63) is 16.6 Å². The molecule has 0 aliphatic carbocycles. The molecule has 1 unspecified atom stereocenters. The van der Waals surface area contributed by atoms with Gasteiger partial charge >= 0.3 is 0 Å². The van der Waals surface area contributed by atoms with E-state index in [1.54, 1.807) is 11.3 Å². The summed E-state index contributed by atoms with van der Waals surface area (Å²) < 4.78 is 0. The van der Waals surface area contributed by atoms with Crippen molar-refractivity contribution in [2.45, 2.75) is 32.2 Å². The summed E-state index contributed by atoms with van der Waals surface area (Å²) in [5, 5.41) is 13.8. The first-order chi connectivity index (χ1) is 6.84. The SMILES string of the molecule is CC(NCCCCC#N)c1cscn1. The van der Waals surface area contributed by atoms with Gasteiger partial charge in [0.2, 0.25) is 0 Å². The summed E-state index contributed by atoms with van der Waals surface area (Å²) >= 11 is 1.62. The van der Waals surface area contributed by atoms with Gasteiger partial charge in [-0.3, -0.25) is 0 Å². The second kappa shape index (κ2) is 6.52. The number of nitriles is 1. The summed E-state index contributed by atoms with van der Waals surface area (Å²) in [5.74, 6) is 0. The Morgan fingerprint density at radius 1 is 1.64 bits per heavy atom. The zero-order chi connectivity index (χ0) is 10.2. The second-order valence-corrected chi connectivity index (χ2v) is 3.92. The van der Waals surface area contributed by atoms with Gasteiger partial charge in [-0.25, -0.2) is 4.98 Å². The molecule has 0 amide bonds. The molecule has 76 valence electrons. The molecule has 1 atom stereocenters. The normalized spacial score (nSPS) is 12.3. The van der Waals surface area contributed by atoms with Crippen LogP contribution in [0.4, 0.5) is 0 Å². The fourth-order valence-electron chi connectivity index (χ4n) is 1.19. The molecule has 0 aliphatic rings. The van der Waals surface area contributed by atoms with Crippen LogP contribution < -0.4 is 5.32 Å². The van der Waals surface area contributed by atoms with Crippen LogP contribution in [-0.2, 0) is 0 Å². The van der Waals surface area contributed by atoms with E-state index in [4.69, 9.17) is 5.26 Å². The summed E-state index contributed by atoms with van der Waals surface area (Å²) in [4.78, 5) is 4.23. The van der Waals surface area contributed by atoms with Crippen LogP contribution in [-0.4, -0.2) is 11.5 Å². The zero-order valence-electron chi connectivity index (χ0n) is 8.36. The molecule has 0 aromatic carbocycles. The lowest BCUT2D eigenvalue weighted by molar-refractivity contribution is 0.541. The van der Waals surface area contributed by atoms with Crippen LogP contribution in [0.1, 0.15) is 37.9 Å². The van der Waals surface area contributed by atoms with Crippen molar-refractivity contribution in [1.82, 2.24) is 10.3 Å². The van der Waals surface area contributed by atoms with Gasteiger partial charge in [-0.2, -0.15) is 5.26 Å². The molecular formula is C10H15N3S. The number of rotatable bonds is 6. The van der Waals surface area contributed by atoms with E-state index < -0.39 is 0 Å². The smallest absolute Gasteiger partial charge is 0.0795 e. The summed E-state index contributed by atoms with van der Waals surface area (Å²) in [5.41, 5.74) is 2.96. The van der Waals surface area contributed by atoms with E-state index in [9.17, 15) is 0 Å². The van der Waals surface area contributed by atoms with Crippen molar-refractivity contribution >= 4 is 11.3 Å². The van der Waals surface area contributed by atoms with Crippen LogP contribution in [0.2, 0.25) is 0 Å². The average molecular weight is 209 g/mol. The topological polar surface area (TPSA) is 48.7 Å². The van der Waals surface area contributed by atoms with E-state index in [1.165, 1.54) is 0 Å². The molecule has 0 fully saturated rings. The molecule has 0 radical (unpaired) electrons. The standard InChI is InChI=1S/C10H15N3S/c1-9(10-7-14-8-13-10)12-6-4-2-3-5-11/h7-9,12H,2-4,6H2,1H3. The van der Waals surface area contributed by atoms with Gasteiger partial charge in [-0.1, -0.05) is 0 Å². The number of thiazole rings is 1. The fourth-order valence-corrected chi connectivity index (χ4v) is 1.84. The van der Waals surface area contributed by atoms with Crippen molar-refractivity contribution < 1.29 is 0 Å². The first-order valence-electron chi connectivity index (χ1n) is 4.83. The van der Waals surface area contributed by atoms with E-state index in [-0.39, 0.29) is 0 Å². The molecule has 0 saturated carbocycles. The maximum Gasteiger partial charge on any atom is 0.0795 e. The lowest BCUT2D eigenvalue weighted by Gasteiger charge is -2.10. The van der Waals surface area contributed by atoms with Crippen molar-refractivity contribution in [1.29, 1.82) is 5.26 Å². The summed E-state index contributed by atoms with van der Waals surface area (Å²) in [6.07, 6.45) is 2.70. The monoisotopic (exact) mass is 209 g/mol. The van der Waals surface area contributed by atoms with E-state index in [2.05, 4.69) is 28.7 Å². The summed E-state index contributed by atoms with van der Waals surface area (Å²) in [6.45, 7) is 3.07. The lowest BCUT2D eigenvalue weighted by Crippen LogP contribution is -2.19. The molecule has 1 aromatic heterocycles. The first-order valence-corrected chi connectivity index (χ1v) is 5.77. The molecule has 0 saturated heterocycles. The van der Waals surface area contributed by atoms with E-state index in [0.29, 0.717) is 12.5 Å². The van der Waals surface area contributed by atoms with Crippen molar-refractivity contribution in [3.63, 3.8) is 0 Å². The van der Waals surface area contributed by atoms with Crippen LogP contribution in [0.15, 0.2) is 10.9 Å². The highest BCUT2D eigenvalue weighted by molar-refractivity contribution is 7.07. The Bertz CT molecular complexity index is 276. The van der Waals surface area contributed by atoms with Crippen LogP contribution in [0.5, 0.6) is 0 Å². The maximum atomic E-state index is 8.35. The molecule has 14 heavy (non-hydrogen) atoms. The third kappa shape index (κ3) is 3.86. The van der Waals surface area contributed by atoms with Crippen LogP contribution in [0, 0.1) is 11.3 Å². The Morgan fingerprint density at radius 3 is 3.14 bits per heavy atom. The van der Waals surface area contributed by atoms with Crippen molar-refractivity contribution in [3.8, 4) is 6.07 Å². The number of nitrogens with zero attached hydrogens (tertiary/aromatic N) is 2. The van der Waals surface area contributed by atoms with Crippen LogP contribution >= 0.6 is 11.3 Å². The van der Waals surface area contributed by atoms with E-state index >= 15 is 0 Å². The quantitative estimate of drug-likeness (QED) is 0.732. The fraction of sp³-hybridized carbons (Fsp3) is 0.600. The van der Waals surface area contributed by atoms with Gasteiger partial charge in [0.1, 0.15) is 0 Å². The Hall–Kier alpha value is -0.920. The Kier molecular flexibility index (Phi) is 5.20. The van der Waals surface area contributed by atoms with E-state index in [0.717, 1.165) is 25.1 Å². The number of hydrogen-bond acceptors (Lipinski definition) is 4. The molecule has 0 aliphatic heterocycles. The third-order valence-corrected chi connectivity index (χ3v) is 2.67. The van der Waals surface area contributed by atoms with Crippen molar-refractivity contribution in [2.24, 2.45) is 0 Å². The van der Waals surface area contributed by atoms with Gasteiger partial charge < -0.3 is 5.32 Å². The Balaban J connectivity index is 2.10. The molecule has 0 bridgehead atoms. The second-order valence-electron chi connectivity index (χ2n) is 3.20. The largest absolute Gasteiger partial charge is 0.309 e. The molecule has 1 heterocycles. The average Bonchev–Trinajstić information content (AvgIpc) is 2.70. The number of nitrogens with one attached hydrogen (secondary N) is 1. The van der Waals surface area contributed by atoms with Gasteiger partial charge in [0.25, 0.3) is 0 Å². The highest BCUT2D eigenvalue weighted by atomic mass is 32.1. The van der Waals surface area contributed by atoms with Crippen LogP contribution in [0.3, 0.4) is 0 Å². The molecule has 3 nitrogen and oxygen atoms in total. The minimum Gasteiger partial charge on any atom is -0.309 e. The number of aromatic nitrogens is 1. The molecule has 1 N–H and O–H groups in total. The summed E-state index contributed by atoms with van der Waals surface area (Å²) in [7, 11) is 0. The van der Waals surface area contributed by atoms with Gasteiger partial charge in [0.05, 0.1) is 17.3 Å². The predicted octanol–water partition coefficient (Wildman–Crippen LogP) is 2.49. The molecular weight excluding hydrogens is 194 g/mol. The summed E-state index contributed by atoms with van der Waals surface area (Å²) in [6, 6.07) is 2.47. The minimum atomic E-state index is 0.323. The van der Waals surface area contributed by atoms with Gasteiger partial charge in [-0.05, 0) is 26.3 Å². The van der Waals surface area contributed by atoms with Crippen molar-refractivity contribution in [2.75, 3.05) is 6.54 Å². The van der Waals surface area contributed by atoms with Crippen LogP contribution in [0.25, 0.3) is 0 Å². The molecule has 1 aromatic rings. The van der Waals surface area contributed by atoms with Gasteiger partial charge in [0.15, 0.2) is 0 Å². The molecule has 4 heteroatoms. The maximum absolute atomic E-state index is 8.35. The third-order valence-electron chi connectivity index (χ3n) is 2.06. The number of hydrogen-bond donors (Lipinski definition) is 1. The van der Waals surface area contributed by atoms with Gasteiger partial charge in [0, 0.05) is 17.8 Å². The Morgan fingerprint density at radius 2 is 2.50 bits per heavy atom. The van der Waals surface area contributed by atoms with Gasteiger partial charge in [-0.15, -0.1) is 11.3 Å². The number of unbranched alkanes of at least 4 members (excludes halogenated alkanes) is 2. The highest BCUT2D eigenvalue weighted by Crippen LogP contribution is 2.11. The van der Waals surface area contributed by atoms with E-state index in [1.807, 2.05) is 5.51 Å². The molecule has 1 rings (SSSR count). The highest BCUT2D eigenvalue weighted by Gasteiger charge is 2.04. The molecule has 0 spiro atoms. The first kappa shape index (κ1) is 11.2. The zero-order valence-corrected chi connectivity index (χ0v) is 9.18.